The number of carboxylic acid groups (broad SMARTS) is 1. The van der Waals surface area contributed by atoms with Crippen molar-refractivity contribution in [2.75, 3.05) is 0 Å². The summed E-state index contributed by atoms with van der Waals surface area (Å²) < 4.78 is 9.89. The number of carboxylic acids is 1. The van der Waals surface area contributed by atoms with Crippen molar-refractivity contribution in [3.8, 4) is 0 Å². The number of carbonyl (C=O) groups excluding carboxylic acids is 3. The zero-order valence-electron chi connectivity index (χ0n) is 11.7. The largest absolute Gasteiger partial charge is 0.550 e. The van der Waals surface area contributed by atoms with Gasteiger partial charge in [0.15, 0.2) is 0 Å². The molecule has 6 nitrogen and oxygen atoms in total. The van der Waals surface area contributed by atoms with Crippen LogP contribution in [0.1, 0.15) is 33.1 Å². The summed E-state index contributed by atoms with van der Waals surface area (Å²) in [6.45, 7) is 3.37. The molecule has 21 heavy (non-hydrogen) atoms. The zero-order chi connectivity index (χ0) is 16.2. The molecule has 0 aromatic rings. The van der Waals surface area contributed by atoms with E-state index in [2.05, 4.69) is 0 Å². The van der Waals surface area contributed by atoms with E-state index in [1.807, 2.05) is 45.2 Å². The standard InChI is InChI=1S/C13H18I2O6/c1-6(14)12(18)20-8-3-4-9(11(16)17)10(5-8)21-13(19)7(2)15/h6-10H,3-5H2,1-2H3,(H,16,17)/p-1. The Bertz CT molecular complexity index is 409. The molecule has 0 aliphatic heterocycles. The molecule has 0 bridgehead atoms. The maximum atomic E-state index is 11.7. The highest BCUT2D eigenvalue weighted by molar-refractivity contribution is 14.1. The van der Waals surface area contributed by atoms with Crippen LogP contribution in [0.4, 0.5) is 0 Å². The van der Waals surface area contributed by atoms with Crippen LogP contribution in [0.2, 0.25) is 0 Å². The van der Waals surface area contributed by atoms with E-state index in [1.165, 1.54) is 0 Å². The summed E-state index contributed by atoms with van der Waals surface area (Å²) in [6.07, 6.45) is -0.336. The van der Waals surface area contributed by atoms with Crippen molar-refractivity contribution < 1.29 is 29.0 Å². The summed E-state index contributed by atoms with van der Waals surface area (Å²) in [7, 11) is 0. The molecule has 8 heteroatoms. The molecule has 1 rings (SSSR count). The Morgan fingerprint density at radius 1 is 1.05 bits per heavy atom. The zero-order valence-corrected chi connectivity index (χ0v) is 16.0. The first-order valence-electron chi connectivity index (χ1n) is 6.62. The minimum Gasteiger partial charge on any atom is -0.550 e. The molecule has 5 atom stereocenters. The Morgan fingerprint density at radius 2 is 1.57 bits per heavy atom. The van der Waals surface area contributed by atoms with Crippen LogP contribution in [0.5, 0.6) is 0 Å². The lowest BCUT2D eigenvalue weighted by Crippen LogP contribution is -2.46. The molecule has 1 aliphatic carbocycles. The number of ether oxygens (including phenoxy) is 2. The Morgan fingerprint density at radius 3 is 2.05 bits per heavy atom. The summed E-state index contributed by atoms with van der Waals surface area (Å²) in [5.74, 6) is -2.90. The lowest BCUT2D eigenvalue weighted by atomic mass is 9.84. The Balaban J connectivity index is 2.70. The molecule has 0 saturated heterocycles. The van der Waals surface area contributed by atoms with Crippen molar-refractivity contribution in [2.24, 2.45) is 5.92 Å². The molecule has 0 amide bonds. The summed E-state index contributed by atoms with van der Waals surface area (Å²) in [6, 6.07) is 0. The highest BCUT2D eigenvalue weighted by Crippen LogP contribution is 2.30. The van der Waals surface area contributed by atoms with Crippen LogP contribution in [-0.2, 0) is 23.9 Å². The summed E-state index contributed by atoms with van der Waals surface area (Å²) in [4.78, 5) is 34.4. The number of rotatable bonds is 5. The number of hydrogen-bond acceptors (Lipinski definition) is 6. The Kier molecular flexibility index (Phi) is 7.65. The third-order valence-corrected chi connectivity index (χ3v) is 4.26. The Labute approximate surface area is 150 Å². The number of esters is 2. The van der Waals surface area contributed by atoms with Gasteiger partial charge in [-0.1, -0.05) is 45.2 Å². The maximum Gasteiger partial charge on any atom is 0.318 e. The number of carbonyl (C=O) groups is 3. The monoisotopic (exact) mass is 523 g/mol. The van der Waals surface area contributed by atoms with Crippen LogP contribution in [0.15, 0.2) is 0 Å². The molecule has 0 N–H and O–H groups in total. The predicted octanol–water partition coefficient (Wildman–Crippen LogP) is 1.01. The lowest BCUT2D eigenvalue weighted by molar-refractivity contribution is -0.315. The molecule has 1 fully saturated rings. The second-order valence-corrected chi connectivity index (χ2v) is 8.74. The van der Waals surface area contributed by atoms with E-state index in [4.69, 9.17) is 9.47 Å². The van der Waals surface area contributed by atoms with Crippen LogP contribution < -0.4 is 5.11 Å². The minimum absolute atomic E-state index is 0.197. The quantitative estimate of drug-likeness (QED) is 0.304. The van der Waals surface area contributed by atoms with Gasteiger partial charge in [-0.25, -0.2) is 0 Å². The predicted molar refractivity (Wildman–Crippen MR) is 89.1 cm³/mol. The van der Waals surface area contributed by atoms with Gasteiger partial charge in [0.2, 0.25) is 0 Å². The smallest absolute Gasteiger partial charge is 0.318 e. The van der Waals surface area contributed by atoms with E-state index in [0.29, 0.717) is 6.42 Å². The fourth-order valence-electron chi connectivity index (χ4n) is 2.10. The van der Waals surface area contributed by atoms with Gasteiger partial charge in [-0.2, -0.15) is 0 Å². The number of hydrogen-bond donors (Lipinski definition) is 0. The second kappa shape index (κ2) is 8.49. The van der Waals surface area contributed by atoms with Gasteiger partial charge in [0.25, 0.3) is 0 Å². The Hall–Kier alpha value is -0.130. The molecular weight excluding hydrogens is 506 g/mol. The van der Waals surface area contributed by atoms with Gasteiger partial charge in [-0.15, -0.1) is 0 Å². The van der Waals surface area contributed by atoms with E-state index < -0.39 is 30.1 Å². The average Bonchev–Trinajstić information content (AvgIpc) is 2.38. The van der Waals surface area contributed by atoms with E-state index in [9.17, 15) is 19.5 Å². The third kappa shape index (κ3) is 5.87. The second-order valence-electron chi connectivity index (χ2n) is 5.00. The summed E-state index contributed by atoms with van der Waals surface area (Å²) in [5, 5.41) is 11.1. The fourth-order valence-corrected chi connectivity index (χ4v) is 2.39. The molecule has 1 saturated carbocycles. The number of aliphatic carboxylic acids is 1. The first kappa shape index (κ1) is 18.9. The van der Waals surface area contributed by atoms with Crippen LogP contribution in [0.25, 0.3) is 0 Å². The highest BCUT2D eigenvalue weighted by atomic mass is 127. The van der Waals surface area contributed by atoms with E-state index in [0.717, 1.165) is 0 Å². The first-order chi connectivity index (χ1) is 9.72. The van der Waals surface area contributed by atoms with Crippen molar-refractivity contribution >= 4 is 63.1 Å². The number of halogens is 2. The molecular formula is C13H17I2O6-. The van der Waals surface area contributed by atoms with Crippen molar-refractivity contribution in [3.63, 3.8) is 0 Å². The molecule has 0 aromatic carbocycles. The minimum atomic E-state index is -1.24. The third-order valence-electron chi connectivity index (χ3n) is 3.25. The normalized spacial score (nSPS) is 28.3. The van der Waals surface area contributed by atoms with Crippen LogP contribution in [-0.4, -0.2) is 38.0 Å². The van der Waals surface area contributed by atoms with Gasteiger partial charge in [0, 0.05) is 18.3 Å². The SMILES string of the molecule is CC(I)C(=O)OC1CCC(C(=O)[O-])C(OC(=O)C(C)I)C1. The van der Waals surface area contributed by atoms with Crippen LogP contribution in [0, 0.1) is 5.92 Å². The van der Waals surface area contributed by atoms with Gasteiger partial charge in [0.1, 0.15) is 20.1 Å². The lowest BCUT2D eigenvalue weighted by Gasteiger charge is -2.36. The van der Waals surface area contributed by atoms with E-state index in [-0.39, 0.29) is 26.7 Å². The molecule has 1 aliphatic rings. The molecule has 5 unspecified atom stereocenters. The topological polar surface area (TPSA) is 92.7 Å². The molecule has 0 radical (unpaired) electrons. The molecule has 0 aromatic heterocycles. The summed E-state index contributed by atoms with van der Waals surface area (Å²) in [5.41, 5.74) is 0. The van der Waals surface area contributed by atoms with E-state index >= 15 is 0 Å². The molecule has 0 spiro atoms. The van der Waals surface area contributed by atoms with Gasteiger partial charge in [-0.05, 0) is 26.7 Å². The van der Waals surface area contributed by atoms with E-state index in [1.54, 1.807) is 13.8 Å². The van der Waals surface area contributed by atoms with Crippen molar-refractivity contribution in [1.82, 2.24) is 0 Å². The van der Waals surface area contributed by atoms with Crippen molar-refractivity contribution in [2.45, 2.75) is 53.2 Å². The van der Waals surface area contributed by atoms with Gasteiger partial charge >= 0.3 is 11.9 Å². The number of alkyl halides is 2. The van der Waals surface area contributed by atoms with Crippen molar-refractivity contribution in [3.05, 3.63) is 0 Å². The van der Waals surface area contributed by atoms with Crippen molar-refractivity contribution in [1.29, 1.82) is 0 Å². The van der Waals surface area contributed by atoms with Gasteiger partial charge in [0.05, 0.1) is 0 Å². The van der Waals surface area contributed by atoms with Crippen LogP contribution in [0.3, 0.4) is 0 Å². The fraction of sp³-hybridized carbons (Fsp3) is 0.769. The first-order valence-corrected chi connectivity index (χ1v) is 9.11. The van der Waals surface area contributed by atoms with Gasteiger partial charge in [-0.3, -0.25) is 9.59 Å². The van der Waals surface area contributed by atoms with Crippen LogP contribution >= 0.6 is 45.2 Å². The molecule has 0 heterocycles. The summed E-state index contributed by atoms with van der Waals surface area (Å²) >= 11 is 3.85. The molecule has 120 valence electrons. The van der Waals surface area contributed by atoms with Gasteiger partial charge < -0.3 is 19.4 Å². The highest BCUT2D eigenvalue weighted by Gasteiger charge is 2.36. The maximum absolute atomic E-state index is 11.7. The average molecular weight is 523 g/mol.